The normalized spacial score (nSPS) is 14.9. The van der Waals surface area contributed by atoms with Crippen LogP contribution in [0, 0.1) is 5.92 Å². The molecule has 1 aromatic rings. The third-order valence-corrected chi connectivity index (χ3v) is 3.23. The molecule has 3 nitrogen and oxygen atoms in total. The summed E-state index contributed by atoms with van der Waals surface area (Å²) in [6, 6.07) is 7.09. The molecule has 0 aromatic heterocycles. The van der Waals surface area contributed by atoms with E-state index in [1.54, 1.807) is 7.11 Å². The molecule has 2 rings (SSSR count). The van der Waals surface area contributed by atoms with E-state index in [4.69, 9.17) is 9.47 Å². The smallest absolute Gasteiger partial charge is 0.124 e. The van der Waals surface area contributed by atoms with Crippen LogP contribution in [0.3, 0.4) is 0 Å². The average molecular weight is 263 g/mol. The maximum Gasteiger partial charge on any atom is 0.124 e. The Morgan fingerprint density at radius 2 is 2.11 bits per heavy atom. The lowest BCUT2D eigenvalue weighted by atomic mass is 10.1. The summed E-state index contributed by atoms with van der Waals surface area (Å²) in [5.41, 5.74) is 2.44. The zero-order chi connectivity index (χ0) is 13.7. The molecule has 0 aliphatic heterocycles. The Hall–Kier alpha value is -1.06. The predicted octanol–water partition coefficient (Wildman–Crippen LogP) is 3.12. The summed E-state index contributed by atoms with van der Waals surface area (Å²) in [5.74, 6) is 1.48. The topological polar surface area (TPSA) is 30.5 Å². The van der Waals surface area contributed by atoms with Crippen LogP contribution in [0.1, 0.15) is 37.8 Å². The third-order valence-electron chi connectivity index (χ3n) is 3.23. The highest BCUT2D eigenvalue weighted by atomic mass is 16.5. The van der Waals surface area contributed by atoms with Crippen LogP contribution in [0.2, 0.25) is 0 Å². The number of hydrogen-bond donors (Lipinski definition) is 1. The van der Waals surface area contributed by atoms with Crippen LogP contribution in [0.25, 0.3) is 0 Å². The molecule has 1 fully saturated rings. The van der Waals surface area contributed by atoms with Crippen molar-refractivity contribution in [3.05, 3.63) is 29.3 Å². The van der Waals surface area contributed by atoms with E-state index in [2.05, 4.69) is 31.3 Å². The van der Waals surface area contributed by atoms with Gasteiger partial charge in [0.1, 0.15) is 5.75 Å². The number of hydrogen-bond acceptors (Lipinski definition) is 3. The maximum absolute atomic E-state index is 5.72. The van der Waals surface area contributed by atoms with E-state index in [1.807, 2.05) is 6.07 Å². The number of rotatable bonds is 8. The lowest BCUT2D eigenvalue weighted by Gasteiger charge is -2.13. The molecule has 0 saturated heterocycles. The fourth-order valence-electron chi connectivity index (χ4n) is 2.01. The van der Waals surface area contributed by atoms with Crippen LogP contribution in [0.15, 0.2) is 18.2 Å². The molecular formula is C16H25NO2. The number of benzene rings is 1. The fraction of sp³-hybridized carbons (Fsp3) is 0.625. The van der Waals surface area contributed by atoms with Gasteiger partial charge in [-0.1, -0.05) is 19.9 Å². The Morgan fingerprint density at radius 3 is 2.74 bits per heavy atom. The van der Waals surface area contributed by atoms with Crippen molar-refractivity contribution < 1.29 is 9.47 Å². The Labute approximate surface area is 116 Å². The number of ether oxygens (including phenoxy) is 2. The second kappa shape index (κ2) is 6.92. The first kappa shape index (κ1) is 14.4. The molecule has 0 unspecified atom stereocenters. The minimum absolute atomic E-state index is 0.561. The summed E-state index contributed by atoms with van der Waals surface area (Å²) < 4.78 is 11.1. The van der Waals surface area contributed by atoms with Crippen LogP contribution in [-0.4, -0.2) is 19.8 Å². The van der Waals surface area contributed by atoms with Gasteiger partial charge in [-0.2, -0.15) is 0 Å². The molecule has 0 bridgehead atoms. The van der Waals surface area contributed by atoms with E-state index in [0.717, 1.165) is 30.5 Å². The lowest BCUT2D eigenvalue weighted by Crippen LogP contribution is -2.15. The standard InChI is InChI=1S/C16H25NO2/c1-12(2)10-19-11-14-8-13(4-7-16(14)18-3)9-17-15-5-6-15/h4,7-8,12,15,17H,5-6,9-11H2,1-3H3. The van der Waals surface area contributed by atoms with Crippen molar-refractivity contribution in [2.24, 2.45) is 5.92 Å². The largest absolute Gasteiger partial charge is 0.496 e. The molecule has 19 heavy (non-hydrogen) atoms. The van der Waals surface area contributed by atoms with E-state index >= 15 is 0 Å². The van der Waals surface area contributed by atoms with E-state index in [9.17, 15) is 0 Å². The molecule has 0 amide bonds. The summed E-state index contributed by atoms with van der Waals surface area (Å²) in [6.45, 7) is 6.67. The quantitative estimate of drug-likeness (QED) is 0.781. The minimum Gasteiger partial charge on any atom is -0.496 e. The molecule has 0 heterocycles. The van der Waals surface area contributed by atoms with Crippen molar-refractivity contribution in [1.29, 1.82) is 0 Å². The Bertz CT molecular complexity index is 400. The highest BCUT2D eigenvalue weighted by Gasteiger charge is 2.20. The van der Waals surface area contributed by atoms with Gasteiger partial charge < -0.3 is 14.8 Å². The van der Waals surface area contributed by atoms with Gasteiger partial charge in [0, 0.05) is 24.8 Å². The predicted molar refractivity (Wildman–Crippen MR) is 77.3 cm³/mol. The zero-order valence-corrected chi connectivity index (χ0v) is 12.2. The first-order valence-electron chi connectivity index (χ1n) is 7.16. The number of methoxy groups -OCH3 is 1. The maximum atomic E-state index is 5.72. The van der Waals surface area contributed by atoms with Crippen LogP contribution >= 0.6 is 0 Å². The molecule has 1 aromatic carbocycles. The van der Waals surface area contributed by atoms with Crippen molar-refractivity contribution in [1.82, 2.24) is 5.32 Å². The Balaban J connectivity index is 1.93. The summed E-state index contributed by atoms with van der Waals surface area (Å²) in [6.07, 6.45) is 2.64. The monoisotopic (exact) mass is 263 g/mol. The van der Waals surface area contributed by atoms with E-state index in [0.29, 0.717) is 12.5 Å². The highest BCUT2D eigenvalue weighted by Crippen LogP contribution is 2.23. The van der Waals surface area contributed by atoms with Gasteiger partial charge in [-0.05, 0) is 36.5 Å². The average Bonchev–Trinajstić information content (AvgIpc) is 3.20. The molecule has 0 atom stereocenters. The van der Waals surface area contributed by atoms with Crippen molar-refractivity contribution in [2.75, 3.05) is 13.7 Å². The van der Waals surface area contributed by atoms with Crippen LogP contribution < -0.4 is 10.1 Å². The van der Waals surface area contributed by atoms with Gasteiger partial charge in [0.05, 0.1) is 13.7 Å². The Kier molecular flexibility index (Phi) is 5.23. The van der Waals surface area contributed by atoms with Gasteiger partial charge in [-0.3, -0.25) is 0 Å². The Morgan fingerprint density at radius 1 is 1.32 bits per heavy atom. The van der Waals surface area contributed by atoms with Crippen molar-refractivity contribution >= 4 is 0 Å². The summed E-state index contributed by atoms with van der Waals surface area (Å²) in [7, 11) is 1.71. The van der Waals surface area contributed by atoms with Crippen LogP contribution in [0.5, 0.6) is 5.75 Å². The van der Waals surface area contributed by atoms with Gasteiger partial charge in [0.2, 0.25) is 0 Å². The molecule has 0 spiro atoms. The molecule has 1 aliphatic rings. The van der Waals surface area contributed by atoms with E-state index in [1.165, 1.54) is 18.4 Å². The summed E-state index contributed by atoms with van der Waals surface area (Å²) >= 11 is 0. The van der Waals surface area contributed by atoms with Crippen molar-refractivity contribution in [3.63, 3.8) is 0 Å². The van der Waals surface area contributed by atoms with Crippen LogP contribution in [-0.2, 0) is 17.9 Å². The van der Waals surface area contributed by atoms with E-state index < -0.39 is 0 Å². The molecular weight excluding hydrogens is 238 g/mol. The van der Waals surface area contributed by atoms with Crippen molar-refractivity contribution in [3.8, 4) is 5.75 Å². The van der Waals surface area contributed by atoms with Gasteiger partial charge >= 0.3 is 0 Å². The second-order valence-electron chi connectivity index (χ2n) is 5.71. The number of nitrogens with one attached hydrogen (secondary N) is 1. The first-order valence-corrected chi connectivity index (χ1v) is 7.16. The molecule has 1 aliphatic carbocycles. The fourth-order valence-corrected chi connectivity index (χ4v) is 2.01. The van der Waals surface area contributed by atoms with Gasteiger partial charge in [-0.25, -0.2) is 0 Å². The molecule has 106 valence electrons. The first-order chi connectivity index (χ1) is 9.19. The minimum atomic E-state index is 0.561. The molecule has 3 heteroatoms. The molecule has 0 radical (unpaired) electrons. The summed E-state index contributed by atoms with van der Waals surface area (Å²) in [5, 5.41) is 3.53. The summed E-state index contributed by atoms with van der Waals surface area (Å²) in [4.78, 5) is 0. The second-order valence-corrected chi connectivity index (χ2v) is 5.71. The van der Waals surface area contributed by atoms with Crippen molar-refractivity contribution in [2.45, 2.75) is 45.9 Å². The van der Waals surface area contributed by atoms with Gasteiger partial charge in [-0.15, -0.1) is 0 Å². The van der Waals surface area contributed by atoms with E-state index in [-0.39, 0.29) is 0 Å². The van der Waals surface area contributed by atoms with Gasteiger partial charge in [0.25, 0.3) is 0 Å². The zero-order valence-electron chi connectivity index (χ0n) is 12.2. The van der Waals surface area contributed by atoms with Gasteiger partial charge in [0.15, 0.2) is 0 Å². The lowest BCUT2D eigenvalue weighted by molar-refractivity contribution is 0.0955. The molecule has 1 saturated carbocycles. The highest BCUT2D eigenvalue weighted by molar-refractivity contribution is 5.37. The SMILES string of the molecule is COc1ccc(CNC2CC2)cc1COCC(C)C. The molecule has 1 N–H and O–H groups in total. The third kappa shape index (κ3) is 4.84. The van der Waals surface area contributed by atoms with Crippen LogP contribution in [0.4, 0.5) is 0 Å².